The Bertz CT molecular complexity index is 708. The van der Waals surface area contributed by atoms with Crippen LogP contribution in [0.3, 0.4) is 0 Å². The molecule has 2 aromatic rings. The Morgan fingerprint density at radius 3 is 2.61 bits per heavy atom. The van der Waals surface area contributed by atoms with E-state index in [-0.39, 0.29) is 11.1 Å². The number of nitriles is 1. The summed E-state index contributed by atoms with van der Waals surface area (Å²) >= 11 is 0. The molecule has 0 spiro atoms. The zero-order valence-corrected chi connectivity index (χ0v) is 10.3. The number of aromatic nitrogens is 1. The van der Waals surface area contributed by atoms with Gasteiger partial charge in [0.15, 0.2) is 0 Å². The van der Waals surface area contributed by atoms with Gasteiger partial charge in [-0.25, -0.2) is 0 Å². The van der Waals surface area contributed by atoms with Gasteiger partial charge in [-0.2, -0.15) is 5.26 Å². The van der Waals surface area contributed by atoms with E-state index in [1.54, 1.807) is 31.2 Å². The van der Waals surface area contributed by atoms with Gasteiger partial charge in [0.2, 0.25) is 0 Å². The predicted molar refractivity (Wildman–Crippen MR) is 70.6 cm³/mol. The van der Waals surface area contributed by atoms with Gasteiger partial charge in [0.25, 0.3) is 5.56 Å². The van der Waals surface area contributed by atoms with Gasteiger partial charge in [-0.05, 0) is 43.7 Å². The largest absolute Gasteiger partial charge is 0.399 e. The highest BCUT2D eigenvalue weighted by atomic mass is 16.1. The minimum atomic E-state index is -0.305. The first-order chi connectivity index (χ1) is 8.54. The van der Waals surface area contributed by atoms with Gasteiger partial charge in [-0.3, -0.25) is 9.36 Å². The van der Waals surface area contributed by atoms with Gasteiger partial charge in [0.1, 0.15) is 11.6 Å². The first-order valence-corrected chi connectivity index (χ1v) is 5.54. The maximum Gasteiger partial charge on any atom is 0.273 e. The smallest absolute Gasteiger partial charge is 0.273 e. The van der Waals surface area contributed by atoms with Crippen LogP contribution >= 0.6 is 0 Å². The number of nitrogens with two attached hydrogens (primary N) is 1. The van der Waals surface area contributed by atoms with Crippen LogP contribution in [0.2, 0.25) is 0 Å². The zero-order valence-electron chi connectivity index (χ0n) is 10.3. The number of anilines is 1. The van der Waals surface area contributed by atoms with E-state index in [0.29, 0.717) is 16.9 Å². The highest BCUT2D eigenvalue weighted by molar-refractivity contribution is 5.49. The van der Waals surface area contributed by atoms with Gasteiger partial charge in [0, 0.05) is 11.4 Å². The zero-order chi connectivity index (χ0) is 13.3. The van der Waals surface area contributed by atoms with E-state index in [4.69, 9.17) is 11.0 Å². The summed E-state index contributed by atoms with van der Waals surface area (Å²) in [6, 6.07) is 10.8. The van der Waals surface area contributed by atoms with Crippen molar-refractivity contribution < 1.29 is 0 Å². The van der Waals surface area contributed by atoms with Crippen molar-refractivity contribution in [1.82, 2.24) is 4.57 Å². The third kappa shape index (κ3) is 1.87. The van der Waals surface area contributed by atoms with Crippen LogP contribution in [-0.4, -0.2) is 4.57 Å². The summed E-state index contributed by atoms with van der Waals surface area (Å²) in [5.41, 5.74) is 8.31. The van der Waals surface area contributed by atoms with Crippen LogP contribution in [0.5, 0.6) is 0 Å². The first-order valence-electron chi connectivity index (χ1n) is 5.54. The Morgan fingerprint density at radius 1 is 1.28 bits per heavy atom. The number of hydrogen-bond acceptors (Lipinski definition) is 3. The van der Waals surface area contributed by atoms with Crippen molar-refractivity contribution in [3.63, 3.8) is 0 Å². The summed E-state index contributed by atoms with van der Waals surface area (Å²) in [6.45, 7) is 3.59. The van der Waals surface area contributed by atoms with Crippen LogP contribution in [0, 0.1) is 25.2 Å². The average Bonchev–Trinajstić information content (AvgIpc) is 2.28. The third-order valence-electron chi connectivity index (χ3n) is 2.83. The van der Waals surface area contributed by atoms with Gasteiger partial charge in [-0.15, -0.1) is 0 Å². The number of rotatable bonds is 1. The summed E-state index contributed by atoms with van der Waals surface area (Å²) < 4.78 is 1.50. The molecule has 0 unspecified atom stereocenters. The van der Waals surface area contributed by atoms with E-state index in [1.807, 2.05) is 19.1 Å². The van der Waals surface area contributed by atoms with Crippen molar-refractivity contribution in [3.05, 3.63) is 57.5 Å². The standard InChI is InChI=1S/C14H13N3O/c1-9-6-10(2)17(14(18)13(9)8-15)12-5-3-4-11(16)7-12/h3-7H,16H2,1-2H3. The highest BCUT2D eigenvalue weighted by Gasteiger charge is 2.11. The molecule has 18 heavy (non-hydrogen) atoms. The monoisotopic (exact) mass is 239 g/mol. The lowest BCUT2D eigenvalue weighted by molar-refractivity contribution is 0.920. The molecule has 0 aliphatic rings. The van der Waals surface area contributed by atoms with Crippen LogP contribution in [-0.2, 0) is 0 Å². The van der Waals surface area contributed by atoms with E-state index in [9.17, 15) is 4.79 Å². The van der Waals surface area contributed by atoms with Gasteiger partial charge in [0.05, 0.1) is 5.69 Å². The quantitative estimate of drug-likeness (QED) is 0.772. The average molecular weight is 239 g/mol. The molecule has 0 radical (unpaired) electrons. The molecule has 0 aliphatic heterocycles. The normalized spacial score (nSPS) is 10.1. The van der Waals surface area contributed by atoms with Gasteiger partial charge >= 0.3 is 0 Å². The van der Waals surface area contributed by atoms with E-state index in [1.165, 1.54) is 4.57 Å². The van der Waals surface area contributed by atoms with E-state index in [0.717, 1.165) is 5.69 Å². The molecule has 0 fully saturated rings. The number of nitrogens with zero attached hydrogens (tertiary/aromatic N) is 2. The molecule has 0 bridgehead atoms. The van der Waals surface area contributed by atoms with Crippen molar-refractivity contribution in [2.24, 2.45) is 0 Å². The Morgan fingerprint density at radius 2 is 2.00 bits per heavy atom. The van der Waals surface area contributed by atoms with E-state index >= 15 is 0 Å². The minimum absolute atomic E-state index is 0.169. The third-order valence-corrected chi connectivity index (χ3v) is 2.83. The predicted octanol–water partition coefficient (Wildman–Crippen LogP) is 1.91. The Labute approximate surface area is 105 Å². The highest BCUT2D eigenvalue weighted by Crippen LogP contribution is 2.14. The maximum atomic E-state index is 12.3. The number of aryl methyl sites for hydroxylation is 2. The molecule has 1 aromatic heterocycles. The van der Waals surface area contributed by atoms with Crippen molar-refractivity contribution in [1.29, 1.82) is 5.26 Å². The molecule has 4 heteroatoms. The summed E-state index contributed by atoms with van der Waals surface area (Å²) in [5, 5.41) is 9.03. The molecular formula is C14H13N3O. The lowest BCUT2D eigenvalue weighted by Gasteiger charge is -2.12. The fraction of sp³-hybridized carbons (Fsp3) is 0.143. The first kappa shape index (κ1) is 11.9. The Balaban J connectivity index is 2.81. The molecule has 2 N–H and O–H groups in total. The number of pyridine rings is 1. The SMILES string of the molecule is Cc1cc(C)n(-c2cccc(N)c2)c(=O)c1C#N. The fourth-order valence-corrected chi connectivity index (χ4v) is 2.01. The second kappa shape index (κ2) is 4.38. The van der Waals surface area contributed by atoms with Gasteiger partial charge < -0.3 is 5.73 Å². The fourth-order valence-electron chi connectivity index (χ4n) is 2.01. The topological polar surface area (TPSA) is 71.8 Å². The van der Waals surface area contributed by atoms with Gasteiger partial charge in [-0.1, -0.05) is 6.07 Å². The van der Waals surface area contributed by atoms with Crippen LogP contribution in [0.25, 0.3) is 5.69 Å². The molecule has 0 aliphatic carbocycles. The molecule has 4 nitrogen and oxygen atoms in total. The van der Waals surface area contributed by atoms with Crippen LogP contribution in [0.15, 0.2) is 35.1 Å². The molecule has 0 amide bonds. The summed E-state index contributed by atoms with van der Waals surface area (Å²) in [4.78, 5) is 12.3. The van der Waals surface area contributed by atoms with Crippen molar-refractivity contribution in [2.45, 2.75) is 13.8 Å². The number of hydrogen-bond donors (Lipinski definition) is 1. The second-order valence-electron chi connectivity index (χ2n) is 4.19. The molecule has 0 saturated heterocycles. The Hall–Kier alpha value is -2.54. The molecule has 1 heterocycles. The summed E-state index contributed by atoms with van der Waals surface area (Å²) in [6.07, 6.45) is 0. The molecule has 2 rings (SSSR count). The lowest BCUT2D eigenvalue weighted by Crippen LogP contribution is -2.24. The maximum absolute atomic E-state index is 12.3. The summed E-state index contributed by atoms with van der Waals surface area (Å²) in [7, 11) is 0. The van der Waals surface area contributed by atoms with E-state index < -0.39 is 0 Å². The molecule has 0 saturated carbocycles. The lowest BCUT2D eigenvalue weighted by atomic mass is 10.1. The van der Waals surface area contributed by atoms with Crippen molar-refractivity contribution in [3.8, 4) is 11.8 Å². The van der Waals surface area contributed by atoms with Crippen LogP contribution < -0.4 is 11.3 Å². The molecule has 90 valence electrons. The van der Waals surface area contributed by atoms with Crippen LogP contribution in [0.4, 0.5) is 5.69 Å². The van der Waals surface area contributed by atoms with E-state index in [2.05, 4.69) is 0 Å². The number of benzene rings is 1. The van der Waals surface area contributed by atoms with Crippen LogP contribution in [0.1, 0.15) is 16.8 Å². The van der Waals surface area contributed by atoms with Crippen molar-refractivity contribution >= 4 is 5.69 Å². The Kier molecular flexibility index (Phi) is 2.90. The summed E-state index contributed by atoms with van der Waals surface area (Å²) in [5.74, 6) is 0. The molecule has 0 atom stereocenters. The molecule has 1 aromatic carbocycles. The second-order valence-corrected chi connectivity index (χ2v) is 4.19. The number of nitrogen functional groups attached to an aromatic ring is 1. The van der Waals surface area contributed by atoms with Crippen molar-refractivity contribution in [2.75, 3.05) is 5.73 Å². The molecular weight excluding hydrogens is 226 g/mol. The minimum Gasteiger partial charge on any atom is -0.399 e.